The summed E-state index contributed by atoms with van der Waals surface area (Å²) in [6.07, 6.45) is 0. The summed E-state index contributed by atoms with van der Waals surface area (Å²) in [5, 5.41) is 0. The molecule has 144 valence electrons. The number of nitrogens with zero attached hydrogens (tertiary/aromatic N) is 1. The van der Waals surface area contributed by atoms with Crippen LogP contribution in [0.1, 0.15) is 27.2 Å². The number of ether oxygens (including phenoxy) is 2. The van der Waals surface area contributed by atoms with Gasteiger partial charge in [-0.2, -0.15) is 0 Å². The van der Waals surface area contributed by atoms with Gasteiger partial charge in [0.1, 0.15) is 12.4 Å². The smallest absolute Gasteiger partial charge is 0.290 e. The number of carbonyl (C=O) groups excluding carboxylic acids is 1. The Balaban J connectivity index is 1.43. The predicted molar refractivity (Wildman–Crippen MR) is 108 cm³/mol. The van der Waals surface area contributed by atoms with Gasteiger partial charge in [0.25, 0.3) is 5.91 Å². The van der Waals surface area contributed by atoms with E-state index in [2.05, 4.69) is 15.9 Å². The number of hydrogen-bond acceptors (Lipinski definition) is 4. The molecule has 2 aromatic carbocycles. The van der Waals surface area contributed by atoms with E-state index in [0.29, 0.717) is 43.3 Å². The molecule has 0 atom stereocenters. The maximum absolute atomic E-state index is 12.7. The van der Waals surface area contributed by atoms with Gasteiger partial charge in [-0.05, 0) is 51.3 Å². The van der Waals surface area contributed by atoms with Gasteiger partial charge in [0.05, 0.1) is 19.8 Å². The third kappa shape index (κ3) is 4.46. The zero-order valence-corrected chi connectivity index (χ0v) is 16.9. The highest BCUT2D eigenvalue weighted by Gasteiger charge is 2.23. The molecule has 0 N–H and O–H groups in total. The molecule has 1 aliphatic heterocycles. The normalized spacial score (nSPS) is 13.5. The maximum Gasteiger partial charge on any atom is 0.290 e. The Morgan fingerprint density at radius 1 is 1.04 bits per heavy atom. The fourth-order valence-corrected chi connectivity index (χ4v) is 3.46. The topological polar surface area (TPSA) is 51.9 Å². The van der Waals surface area contributed by atoms with Gasteiger partial charge in [0.15, 0.2) is 10.4 Å². The SMILES string of the molecule is O=C(c1ccc(Br)o1)N1CCOc2ccc(COCc3ccccc3)cc2C1. The van der Waals surface area contributed by atoms with Crippen molar-refractivity contribution in [3.63, 3.8) is 0 Å². The Morgan fingerprint density at radius 2 is 1.86 bits per heavy atom. The average Bonchev–Trinajstić information content (AvgIpc) is 3.03. The molecule has 4 rings (SSSR count). The highest BCUT2D eigenvalue weighted by atomic mass is 79.9. The number of furan rings is 1. The first-order valence-electron chi connectivity index (χ1n) is 9.10. The molecule has 2 heterocycles. The van der Waals surface area contributed by atoms with E-state index in [1.807, 2.05) is 48.5 Å². The second kappa shape index (κ2) is 8.63. The molecule has 0 spiro atoms. The minimum absolute atomic E-state index is 0.145. The number of fused-ring (bicyclic) bond motifs is 1. The van der Waals surface area contributed by atoms with Crippen LogP contribution in [0.25, 0.3) is 0 Å². The molecular weight excluding hydrogens is 422 g/mol. The Morgan fingerprint density at radius 3 is 2.64 bits per heavy atom. The van der Waals surface area contributed by atoms with Crippen LogP contribution >= 0.6 is 15.9 Å². The van der Waals surface area contributed by atoms with Gasteiger partial charge in [0.2, 0.25) is 0 Å². The van der Waals surface area contributed by atoms with Crippen molar-refractivity contribution in [2.75, 3.05) is 13.2 Å². The van der Waals surface area contributed by atoms with E-state index in [0.717, 1.165) is 22.4 Å². The summed E-state index contributed by atoms with van der Waals surface area (Å²) in [5.74, 6) is 0.980. The van der Waals surface area contributed by atoms with Crippen LogP contribution in [0.2, 0.25) is 0 Å². The molecule has 0 unspecified atom stereocenters. The van der Waals surface area contributed by atoms with Crippen LogP contribution in [0.15, 0.2) is 69.8 Å². The molecule has 0 radical (unpaired) electrons. The number of amides is 1. The molecule has 1 aliphatic rings. The molecule has 6 heteroatoms. The summed E-state index contributed by atoms with van der Waals surface area (Å²) in [6.45, 7) is 2.49. The van der Waals surface area contributed by atoms with Crippen molar-refractivity contribution < 1.29 is 18.7 Å². The third-order valence-electron chi connectivity index (χ3n) is 4.56. The summed E-state index contributed by atoms with van der Waals surface area (Å²) in [5.41, 5.74) is 3.16. The first-order chi connectivity index (χ1) is 13.7. The van der Waals surface area contributed by atoms with Crippen molar-refractivity contribution in [3.8, 4) is 5.75 Å². The van der Waals surface area contributed by atoms with Crippen LogP contribution in [-0.2, 0) is 24.5 Å². The fraction of sp³-hybridized carbons (Fsp3) is 0.227. The van der Waals surface area contributed by atoms with Gasteiger partial charge in [-0.25, -0.2) is 0 Å². The summed E-state index contributed by atoms with van der Waals surface area (Å²) in [7, 11) is 0. The van der Waals surface area contributed by atoms with Crippen LogP contribution in [0.5, 0.6) is 5.75 Å². The number of carbonyl (C=O) groups is 1. The number of halogens is 1. The number of benzene rings is 2. The minimum Gasteiger partial charge on any atom is -0.491 e. The maximum atomic E-state index is 12.7. The Hall–Kier alpha value is -2.57. The van der Waals surface area contributed by atoms with E-state index in [4.69, 9.17) is 13.9 Å². The molecule has 1 amide bonds. The lowest BCUT2D eigenvalue weighted by Gasteiger charge is -2.18. The molecule has 0 aliphatic carbocycles. The molecule has 5 nitrogen and oxygen atoms in total. The molecular formula is C22H20BrNO4. The summed E-state index contributed by atoms with van der Waals surface area (Å²) in [4.78, 5) is 14.5. The van der Waals surface area contributed by atoms with Gasteiger partial charge in [0, 0.05) is 12.1 Å². The second-order valence-electron chi connectivity index (χ2n) is 6.60. The predicted octanol–water partition coefficient (Wildman–Crippen LogP) is 4.79. The molecule has 1 aromatic heterocycles. The first kappa shape index (κ1) is 18.8. The Labute approximate surface area is 172 Å². The highest BCUT2D eigenvalue weighted by Crippen LogP contribution is 2.26. The summed E-state index contributed by atoms with van der Waals surface area (Å²) >= 11 is 3.24. The van der Waals surface area contributed by atoms with Gasteiger partial charge in [-0.1, -0.05) is 36.4 Å². The minimum atomic E-state index is -0.145. The van der Waals surface area contributed by atoms with Gasteiger partial charge < -0.3 is 18.8 Å². The monoisotopic (exact) mass is 441 g/mol. The molecule has 0 saturated heterocycles. The van der Waals surface area contributed by atoms with Gasteiger partial charge >= 0.3 is 0 Å². The molecule has 0 saturated carbocycles. The van der Waals surface area contributed by atoms with Crippen molar-refractivity contribution in [1.82, 2.24) is 4.90 Å². The van der Waals surface area contributed by atoms with E-state index < -0.39 is 0 Å². The number of rotatable bonds is 5. The molecule has 28 heavy (non-hydrogen) atoms. The average molecular weight is 442 g/mol. The molecule has 0 fully saturated rings. The Bertz CT molecular complexity index is 954. The van der Waals surface area contributed by atoms with Crippen LogP contribution in [-0.4, -0.2) is 24.0 Å². The van der Waals surface area contributed by atoms with Crippen LogP contribution in [0.3, 0.4) is 0 Å². The van der Waals surface area contributed by atoms with E-state index in [9.17, 15) is 4.79 Å². The van der Waals surface area contributed by atoms with E-state index in [1.54, 1.807) is 17.0 Å². The lowest BCUT2D eigenvalue weighted by atomic mass is 10.1. The second-order valence-corrected chi connectivity index (χ2v) is 7.38. The van der Waals surface area contributed by atoms with E-state index in [1.165, 1.54) is 0 Å². The van der Waals surface area contributed by atoms with Crippen molar-refractivity contribution in [1.29, 1.82) is 0 Å². The van der Waals surface area contributed by atoms with Crippen LogP contribution < -0.4 is 4.74 Å². The van der Waals surface area contributed by atoms with Crippen molar-refractivity contribution in [3.05, 3.63) is 87.8 Å². The van der Waals surface area contributed by atoms with E-state index >= 15 is 0 Å². The lowest BCUT2D eigenvalue weighted by molar-refractivity contribution is 0.0699. The first-order valence-corrected chi connectivity index (χ1v) is 9.89. The quantitative estimate of drug-likeness (QED) is 0.570. The molecule has 3 aromatic rings. The van der Waals surface area contributed by atoms with Crippen LogP contribution in [0.4, 0.5) is 0 Å². The zero-order valence-electron chi connectivity index (χ0n) is 15.3. The highest BCUT2D eigenvalue weighted by molar-refractivity contribution is 9.10. The third-order valence-corrected chi connectivity index (χ3v) is 4.98. The fourth-order valence-electron chi connectivity index (χ4n) is 3.16. The van der Waals surface area contributed by atoms with Gasteiger partial charge in [-0.15, -0.1) is 0 Å². The van der Waals surface area contributed by atoms with Crippen molar-refractivity contribution in [2.45, 2.75) is 19.8 Å². The molecule has 0 bridgehead atoms. The van der Waals surface area contributed by atoms with Crippen LogP contribution in [0, 0.1) is 0 Å². The van der Waals surface area contributed by atoms with Crippen molar-refractivity contribution in [2.24, 2.45) is 0 Å². The number of hydrogen-bond donors (Lipinski definition) is 0. The summed E-state index contributed by atoms with van der Waals surface area (Å²) < 4.78 is 17.6. The van der Waals surface area contributed by atoms with E-state index in [-0.39, 0.29) is 5.91 Å². The summed E-state index contributed by atoms with van der Waals surface area (Å²) in [6, 6.07) is 19.5. The Kier molecular flexibility index (Phi) is 5.78. The largest absolute Gasteiger partial charge is 0.491 e. The lowest BCUT2D eigenvalue weighted by Crippen LogP contribution is -2.32. The van der Waals surface area contributed by atoms with Crippen molar-refractivity contribution >= 4 is 21.8 Å². The standard InChI is InChI=1S/C22H20BrNO4/c23-21-9-8-20(28-21)22(25)24-10-11-27-19-7-6-17(12-18(19)13-24)15-26-14-16-4-2-1-3-5-16/h1-9,12H,10-11,13-15H2. The zero-order chi connectivity index (χ0) is 19.3. The van der Waals surface area contributed by atoms with Gasteiger partial charge in [-0.3, -0.25) is 4.79 Å².